The first-order valence-electron chi connectivity index (χ1n) is 5.05. The summed E-state index contributed by atoms with van der Waals surface area (Å²) in [5.41, 5.74) is 0. The zero-order valence-electron chi connectivity index (χ0n) is 7.75. The summed E-state index contributed by atoms with van der Waals surface area (Å²) in [5.74, 6) is 0.457. The lowest BCUT2D eigenvalue weighted by Crippen LogP contribution is -2.49. The van der Waals surface area contributed by atoms with Gasteiger partial charge in [-0.05, 0) is 19.8 Å². The van der Waals surface area contributed by atoms with Crippen molar-refractivity contribution in [1.82, 2.24) is 4.90 Å². The van der Waals surface area contributed by atoms with E-state index < -0.39 is 0 Å². The molecule has 2 aliphatic rings. The molecule has 0 spiro atoms. The average Bonchev–Trinajstić information content (AvgIpc) is 1.91. The van der Waals surface area contributed by atoms with E-state index in [-0.39, 0.29) is 0 Å². The summed E-state index contributed by atoms with van der Waals surface area (Å²) in [6.07, 6.45) is 5.69. The third-order valence-electron chi connectivity index (χ3n) is 3.28. The fourth-order valence-corrected chi connectivity index (χ4v) is 2.28. The summed E-state index contributed by atoms with van der Waals surface area (Å²) in [4.78, 5) is 13.7. The van der Waals surface area contributed by atoms with Crippen LogP contribution in [-0.4, -0.2) is 29.3 Å². The number of hydrogen-bond donors (Lipinski definition) is 0. The molecule has 0 radical (unpaired) electrons. The Kier molecular flexibility index (Phi) is 2.18. The van der Waals surface area contributed by atoms with Gasteiger partial charge < -0.3 is 0 Å². The number of rotatable bonds is 1. The van der Waals surface area contributed by atoms with Gasteiger partial charge in [-0.2, -0.15) is 0 Å². The smallest absolute Gasteiger partial charge is 0.135 e. The minimum Gasteiger partial charge on any atom is -0.300 e. The molecule has 0 bridgehead atoms. The molecule has 1 saturated carbocycles. The standard InChI is InChI=1S/C10H17NO/c1-8-7-10(12)5-6-11(8)9-3-2-4-9/h8-9H,2-7H2,1H3. The molecule has 1 unspecified atom stereocenters. The second-order valence-corrected chi connectivity index (χ2v) is 4.16. The van der Waals surface area contributed by atoms with E-state index >= 15 is 0 Å². The van der Waals surface area contributed by atoms with Crippen LogP contribution in [0.3, 0.4) is 0 Å². The molecule has 1 heterocycles. The predicted octanol–water partition coefficient (Wildman–Crippen LogP) is 1.59. The molecular formula is C10H17NO. The van der Waals surface area contributed by atoms with Crippen LogP contribution >= 0.6 is 0 Å². The number of nitrogens with zero attached hydrogens (tertiary/aromatic N) is 1. The normalized spacial score (nSPS) is 33.4. The van der Waals surface area contributed by atoms with Gasteiger partial charge in [0, 0.05) is 31.5 Å². The van der Waals surface area contributed by atoms with Crippen molar-refractivity contribution in [3.8, 4) is 0 Å². The SMILES string of the molecule is CC1CC(=O)CCN1C1CCC1. The van der Waals surface area contributed by atoms with Crippen molar-refractivity contribution in [1.29, 1.82) is 0 Å². The van der Waals surface area contributed by atoms with Gasteiger partial charge in [-0.25, -0.2) is 0 Å². The second-order valence-electron chi connectivity index (χ2n) is 4.16. The number of piperidine rings is 1. The van der Waals surface area contributed by atoms with Gasteiger partial charge in [0.05, 0.1) is 0 Å². The van der Waals surface area contributed by atoms with Crippen molar-refractivity contribution in [2.45, 2.75) is 51.1 Å². The van der Waals surface area contributed by atoms with Gasteiger partial charge in [0.25, 0.3) is 0 Å². The van der Waals surface area contributed by atoms with Crippen LogP contribution in [0.1, 0.15) is 39.0 Å². The molecule has 0 aromatic carbocycles. The molecule has 0 N–H and O–H groups in total. The number of hydrogen-bond acceptors (Lipinski definition) is 2. The first-order valence-corrected chi connectivity index (χ1v) is 5.05. The number of ketones is 1. The van der Waals surface area contributed by atoms with Crippen molar-refractivity contribution in [2.24, 2.45) is 0 Å². The van der Waals surface area contributed by atoms with Gasteiger partial charge in [0.2, 0.25) is 0 Å². The Labute approximate surface area is 73.9 Å². The Balaban J connectivity index is 1.92. The fraction of sp³-hybridized carbons (Fsp3) is 0.900. The highest BCUT2D eigenvalue weighted by molar-refractivity contribution is 5.79. The largest absolute Gasteiger partial charge is 0.300 e. The molecule has 2 nitrogen and oxygen atoms in total. The molecule has 12 heavy (non-hydrogen) atoms. The Morgan fingerprint density at radius 3 is 2.67 bits per heavy atom. The van der Waals surface area contributed by atoms with Gasteiger partial charge in [0.15, 0.2) is 0 Å². The van der Waals surface area contributed by atoms with E-state index in [1.807, 2.05) is 0 Å². The van der Waals surface area contributed by atoms with Crippen LogP contribution in [0.5, 0.6) is 0 Å². The molecule has 2 rings (SSSR count). The maximum Gasteiger partial charge on any atom is 0.135 e. The quantitative estimate of drug-likeness (QED) is 0.591. The van der Waals surface area contributed by atoms with Crippen LogP contribution in [0.15, 0.2) is 0 Å². The lowest BCUT2D eigenvalue weighted by molar-refractivity contribution is -0.124. The summed E-state index contributed by atoms with van der Waals surface area (Å²) in [6, 6.07) is 1.32. The van der Waals surface area contributed by atoms with Crippen LogP contribution in [0.25, 0.3) is 0 Å². The van der Waals surface area contributed by atoms with Gasteiger partial charge in [-0.15, -0.1) is 0 Å². The van der Waals surface area contributed by atoms with Crippen LogP contribution in [0.4, 0.5) is 0 Å². The fourth-order valence-electron chi connectivity index (χ4n) is 2.28. The lowest BCUT2D eigenvalue weighted by atomic mass is 9.88. The predicted molar refractivity (Wildman–Crippen MR) is 48.0 cm³/mol. The van der Waals surface area contributed by atoms with Crippen LogP contribution in [-0.2, 0) is 4.79 Å². The first kappa shape index (κ1) is 8.24. The topological polar surface area (TPSA) is 20.3 Å². The molecule has 1 aliphatic carbocycles. The van der Waals surface area contributed by atoms with E-state index in [4.69, 9.17) is 0 Å². The molecule has 0 aromatic rings. The first-order chi connectivity index (χ1) is 5.77. The Hall–Kier alpha value is -0.370. The molecule has 1 atom stereocenters. The molecule has 0 aromatic heterocycles. The Morgan fingerprint density at radius 2 is 2.17 bits per heavy atom. The molecule has 1 saturated heterocycles. The van der Waals surface area contributed by atoms with Gasteiger partial charge in [-0.3, -0.25) is 9.69 Å². The molecule has 68 valence electrons. The monoisotopic (exact) mass is 167 g/mol. The highest BCUT2D eigenvalue weighted by Gasteiger charge is 2.32. The van der Waals surface area contributed by atoms with E-state index in [0.29, 0.717) is 11.8 Å². The van der Waals surface area contributed by atoms with Crippen molar-refractivity contribution >= 4 is 5.78 Å². The summed E-state index contributed by atoms with van der Waals surface area (Å²) in [6.45, 7) is 3.21. The summed E-state index contributed by atoms with van der Waals surface area (Å²) < 4.78 is 0. The highest BCUT2D eigenvalue weighted by atomic mass is 16.1. The maximum absolute atomic E-state index is 11.1. The number of carbonyl (C=O) groups excluding carboxylic acids is 1. The average molecular weight is 167 g/mol. The van der Waals surface area contributed by atoms with Gasteiger partial charge in [-0.1, -0.05) is 6.42 Å². The zero-order valence-corrected chi connectivity index (χ0v) is 7.75. The second kappa shape index (κ2) is 3.17. The van der Waals surface area contributed by atoms with Crippen molar-refractivity contribution in [3.05, 3.63) is 0 Å². The van der Waals surface area contributed by atoms with Crippen LogP contribution < -0.4 is 0 Å². The van der Waals surface area contributed by atoms with Gasteiger partial charge >= 0.3 is 0 Å². The lowest BCUT2D eigenvalue weighted by Gasteiger charge is -2.43. The van der Waals surface area contributed by atoms with Crippen molar-refractivity contribution < 1.29 is 4.79 Å². The summed E-state index contributed by atoms with van der Waals surface area (Å²) >= 11 is 0. The van der Waals surface area contributed by atoms with Crippen molar-refractivity contribution in [3.63, 3.8) is 0 Å². The highest BCUT2D eigenvalue weighted by Crippen LogP contribution is 2.29. The number of carbonyl (C=O) groups is 1. The molecule has 2 heteroatoms. The molecule has 2 fully saturated rings. The summed E-state index contributed by atoms with van der Waals surface area (Å²) in [5, 5.41) is 0. The van der Waals surface area contributed by atoms with E-state index in [1.165, 1.54) is 19.3 Å². The van der Waals surface area contributed by atoms with E-state index in [2.05, 4.69) is 11.8 Å². The van der Waals surface area contributed by atoms with E-state index in [9.17, 15) is 4.79 Å². The van der Waals surface area contributed by atoms with E-state index in [1.54, 1.807) is 0 Å². The third kappa shape index (κ3) is 1.40. The van der Waals surface area contributed by atoms with Crippen LogP contribution in [0, 0.1) is 0 Å². The van der Waals surface area contributed by atoms with Crippen molar-refractivity contribution in [2.75, 3.05) is 6.54 Å². The molecule has 1 aliphatic heterocycles. The minimum absolute atomic E-state index is 0.457. The summed E-state index contributed by atoms with van der Waals surface area (Å²) in [7, 11) is 0. The molecule has 0 amide bonds. The van der Waals surface area contributed by atoms with Gasteiger partial charge in [0.1, 0.15) is 5.78 Å². The Bertz CT molecular complexity index is 186. The number of likely N-dealkylation sites (tertiary alicyclic amines) is 1. The third-order valence-corrected chi connectivity index (χ3v) is 3.28. The maximum atomic E-state index is 11.1. The van der Waals surface area contributed by atoms with E-state index in [0.717, 1.165) is 25.4 Å². The molecular weight excluding hydrogens is 150 g/mol. The number of Topliss-reactive ketones (excluding diaryl/α,β-unsaturated/α-hetero) is 1. The van der Waals surface area contributed by atoms with Crippen LogP contribution in [0.2, 0.25) is 0 Å². The Morgan fingerprint density at radius 1 is 1.42 bits per heavy atom. The zero-order chi connectivity index (χ0) is 8.55. The minimum atomic E-state index is 0.457.